The zero-order valence-electron chi connectivity index (χ0n) is 9.35. The fourth-order valence-corrected chi connectivity index (χ4v) is 2.43. The van der Waals surface area contributed by atoms with Crippen LogP contribution in [0.25, 0.3) is 22.4 Å². The maximum Gasteiger partial charge on any atom is 0.142 e. The first kappa shape index (κ1) is 12.6. The standard InChI is InChI=1S/C13H6BrClF2N2/c14-6-4-10-11(5-9(6)17)19-13(18-10)12-7(15)2-1-3-8(12)16/h1-5H,(H,18,19). The van der Waals surface area contributed by atoms with Crippen LogP contribution in [0.4, 0.5) is 8.78 Å². The van der Waals surface area contributed by atoms with Gasteiger partial charge < -0.3 is 4.98 Å². The Bertz CT molecular complexity index is 726. The fourth-order valence-electron chi connectivity index (χ4n) is 1.85. The highest BCUT2D eigenvalue weighted by Gasteiger charge is 2.14. The summed E-state index contributed by atoms with van der Waals surface area (Å²) in [6.07, 6.45) is 0. The average Bonchev–Trinajstić information content (AvgIpc) is 2.72. The average molecular weight is 344 g/mol. The summed E-state index contributed by atoms with van der Waals surface area (Å²) in [7, 11) is 0. The second-order valence-electron chi connectivity index (χ2n) is 3.97. The molecule has 0 aliphatic rings. The van der Waals surface area contributed by atoms with Crippen molar-refractivity contribution < 1.29 is 8.78 Å². The number of aromatic nitrogens is 2. The third-order valence-electron chi connectivity index (χ3n) is 2.72. The lowest BCUT2D eigenvalue weighted by Gasteiger charge is -2.01. The molecule has 0 amide bonds. The van der Waals surface area contributed by atoms with Gasteiger partial charge in [0.1, 0.15) is 17.5 Å². The predicted octanol–water partition coefficient (Wildman–Crippen LogP) is 4.92. The third-order valence-corrected chi connectivity index (χ3v) is 3.65. The molecule has 0 fully saturated rings. The summed E-state index contributed by atoms with van der Waals surface area (Å²) in [6.45, 7) is 0. The number of halogens is 4. The third kappa shape index (κ3) is 2.13. The molecule has 1 aromatic heterocycles. The van der Waals surface area contributed by atoms with Gasteiger partial charge in [-0.1, -0.05) is 17.7 Å². The van der Waals surface area contributed by atoms with E-state index in [9.17, 15) is 8.78 Å². The number of rotatable bonds is 1. The molecule has 19 heavy (non-hydrogen) atoms. The van der Waals surface area contributed by atoms with Crippen molar-refractivity contribution in [3.05, 3.63) is 51.5 Å². The molecule has 0 unspecified atom stereocenters. The second-order valence-corrected chi connectivity index (χ2v) is 5.23. The van der Waals surface area contributed by atoms with Crippen LogP contribution in [-0.4, -0.2) is 9.97 Å². The van der Waals surface area contributed by atoms with Crippen molar-refractivity contribution in [3.8, 4) is 11.4 Å². The van der Waals surface area contributed by atoms with Crippen LogP contribution in [0.5, 0.6) is 0 Å². The Labute approximate surface area is 120 Å². The van der Waals surface area contributed by atoms with Crippen LogP contribution >= 0.6 is 27.5 Å². The van der Waals surface area contributed by atoms with Gasteiger partial charge in [-0.2, -0.15) is 0 Å². The number of nitrogens with zero attached hydrogens (tertiary/aromatic N) is 1. The van der Waals surface area contributed by atoms with Gasteiger partial charge in [0.2, 0.25) is 0 Å². The molecule has 1 heterocycles. The summed E-state index contributed by atoms with van der Waals surface area (Å²) >= 11 is 9.05. The molecule has 0 spiro atoms. The van der Waals surface area contributed by atoms with Crippen LogP contribution in [-0.2, 0) is 0 Å². The van der Waals surface area contributed by atoms with Crippen LogP contribution < -0.4 is 0 Å². The monoisotopic (exact) mass is 342 g/mol. The molecule has 0 radical (unpaired) electrons. The Balaban J connectivity index is 2.26. The molecule has 6 heteroatoms. The molecule has 0 saturated heterocycles. The van der Waals surface area contributed by atoms with E-state index in [0.717, 1.165) is 0 Å². The molecule has 96 valence electrons. The highest BCUT2D eigenvalue weighted by molar-refractivity contribution is 9.10. The summed E-state index contributed by atoms with van der Waals surface area (Å²) in [5.41, 5.74) is 1.19. The molecule has 2 nitrogen and oxygen atoms in total. The molecule has 3 rings (SSSR count). The number of hydrogen-bond donors (Lipinski definition) is 1. The van der Waals surface area contributed by atoms with E-state index in [-0.39, 0.29) is 16.4 Å². The molecule has 3 aromatic rings. The van der Waals surface area contributed by atoms with Gasteiger partial charge in [0.15, 0.2) is 0 Å². The summed E-state index contributed by atoms with van der Waals surface area (Å²) < 4.78 is 27.5. The number of aromatic amines is 1. The van der Waals surface area contributed by atoms with E-state index < -0.39 is 11.6 Å². The molecular weight excluding hydrogens is 338 g/mol. The van der Waals surface area contributed by atoms with E-state index in [0.29, 0.717) is 15.5 Å². The first-order chi connectivity index (χ1) is 9.06. The molecular formula is C13H6BrClF2N2. The topological polar surface area (TPSA) is 28.7 Å². The summed E-state index contributed by atoms with van der Waals surface area (Å²) in [4.78, 5) is 7.10. The number of nitrogens with one attached hydrogen (secondary N) is 1. The Kier molecular flexibility index (Phi) is 3.03. The maximum atomic E-state index is 13.8. The minimum absolute atomic E-state index is 0.178. The van der Waals surface area contributed by atoms with Crippen LogP contribution in [0.1, 0.15) is 0 Å². The van der Waals surface area contributed by atoms with Gasteiger partial charge in [-0.25, -0.2) is 13.8 Å². The molecule has 2 aromatic carbocycles. The molecule has 1 N–H and O–H groups in total. The van der Waals surface area contributed by atoms with Gasteiger partial charge in [-0.3, -0.25) is 0 Å². The number of fused-ring (bicyclic) bond motifs is 1. The maximum absolute atomic E-state index is 13.8. The van der Waals surface area contributed by atoms with E-state index in [1.807, 2.05) is 0 Å². The minimum Gasteiger partial charge on any atom is -0.338 e. The highest BCUT2D eigenvalue weighted by atomic mass is 79.9. The largest absolute Gasteiger partial charge is 0.338 e. The first-order valence-electron chi connectivity index (χ1n) is 5.35. The Morgan fingerprint density at radius 1 is 1.16 bits per heavy atom. The fraction of sp³-hybridized carbons (Fsp3) is 0. The van der Waals surface area contributed by atoms with Gasteiger partial charge in [-0.05, 0) is 34.1 Å². The lowest BCUT2D eigenvalue weighted by molar-refractivity contribution is 0.623. The lowest BCUT2D eigenvalue weighted by Crippen LogP contribution is -1.87. The predicted molar refractivity (Wildman–Crippen MR) is 74.2 cm³/mol. The Morgan fingerprint density at radius 3 is 2.68 bits per heavy atom. The van der Waals surface area contributed by atoms with Crippen LogP contribution in [0, 0.1) is 11.6 Å². The van der Waals surface area contributed by atoms with Gasteiger partial charge >= 0.3 is 0 Å². The molecule has 0 aliphatic carbocycles. The second kappa shape index (κ2) is 4.58. The number of hydrogen-bond acceptors (Lipinski definition) is 1. The zero-order chi connectivity index (χ0) is 13.6. The minimum atomic E-state index is -0.480. The van der Waals surface area contributed by atoms with Crippen molar-refractivity contribution in [2.75, 3.05) is 0 Å². The summed E-state index contributed by atoms with van der Waals surface area (Å²) in [5.74, 6) is -0.621. The summed E-state index contributed by atoms with van der Waals surface area (Å²) in [5, 5.41) is 0.249. The number of H-pyrrole nitrogens is 1. The first-order valence-corrected chi connectivity index (χ1v) is 6.52. The van der Waals surface area contributed by atoms with E-state index in [1.165, 1.54) is 24.3 Å². The van der Waals surface area contributed by atoms with Crippen LogP contribution in [0.3, 0.4) is 0 Å². The quantitative estimate of drug-likeness (QED) is 0.667. The molecule has 0 aliphatic heterocycles. The van der Waals surface area contributed by atoms with Crippen LogP contribution in [0.15, 0.2) is 34.8 Å². The van der Waals surface area contributed by atoms with Gasteiger partial charge in [-0.15, -0.1) is 0 Å². The Hall–Kier alpha value is -1.46. The number of imidazole rings is 1. The van der Waals surface area contributed by atoms with Gasteiger partial charge in [0, 0.05) is 6.07 Å². The smallest absolute Gasteiger partial charge is 0.142 e. The van der Waals surface area contributed by atoms with Gasteiger partial charge in [0.25, 0.3) is 0 Å². The SMILES string of the molecule is Fc1cc2[nH]c(-c3c(F)cccc3Cl)nc2cc1Br. The normalized spacial score (nSPS) is 11.2. The van der Waals surface area contributed by atoms with E-state index in [1.54, 1.807) is 6.07 Å². The van der Waals surface area contributed by atoms with E-state index in [2.05, 4.69) is 25.9 Å². The van der Waals surface area contributed by atoms with Gasteiger partial charge in [0.05, 0.1) is 26.1 Å². The van der Waals surface area contributed by atoms with Crippen molar-refractivity contribution in [1.82, 2.24) is 9.97 Å². The van der Waals surface area contributed by atoms with E-state index in [4.69, 9.17) is 11.6 Å². The molecule has 0 atom stereocenters. The van der Waals surface area contributed by atoms with Crippen molar-refractivity contribution in [3.63, 3.8) is 0 Å². The molecule has 0 saturated carbocycles. The van der Waals surface area contributed by atoms with Crippen LogP contribution in [0.2, 0.25) is 5.02 Å². The van der Waals surface area contributed by atoms with Crippen molar-refractivity contribution in [2.45, 2.75) is 0 Å². The highest BCUT2D eigenvalue weighted by Crippen LogP contribution is 2.31. The van der Waals surface area contributed by atoms with Crippen molar-refractivity contribution in [1.29, 1.82) is 0 Å². The van der Waals surface area contributed by atoms with E-state index >= 15 is 0 Å². The number of benzene rings is 2. The summed E-state index contributed by atoms with van der Waals surface area (Å²) in [6, 6.07) is 7.21. The Morgan fingerprint density at radius 2 is 1.95 bits per heavy atom. The van der Waals surface area contributed by atoms with Crippen molar-refractivity contribution >= 4 is 38.6 Å². The zero-order valence-corrected chi connectivity index (χ0v) is 11.7. The molecule has 0 bridgehead atoms. The lowest BCUT2D eigenvalue weighted by atomic mass is 10.2. The van der Waals surface area contributed by atoms with Crippen molar-refractivity contribution in [2.24, 2.45) is 0 Å².